The number of carboxylic acids is 1. The van der Waals surface area contributed by atoms with Crippen LogP contribution in [-0.4, -0.2) is 27.0 Å². The van der Waals surface area contributed by atoms with E-state index in [0.29, 0.717) is 16.0 Å². The molecular formula is C9H8BrN3O2S3. The lowest BCUT2D eigenvalue weighted by Crippen LogP contribution is -1.96. The van der Waals surface area contributed by atoms with Crippen LogP contribution < -0.4 is 5.32 Å². The Labute approximate surface area is 124 Å². The van der Waals surface area contributed by atoms with Crippen molar-refractivity contribution in [3.63, 3.8) is 0 Å². The molecule has 0 aliphatic heterocycles. The van der Waals surface area contributed by atoms with Gasteiger partial charge in [-0.3, -0.25) is 4.79 Å². The summed E-state index contributed by atoms with van der Waals surface area (Å²) < 4.78 is 1.73. The average molecular weight is 366 g/mol. The fourth-order valence-corrected chi connectivity index (χ4v) is 3.93. The topological polar surface area (TPSA) is 75.1 Å². The molecule has 2 aromatic rings. The van der Waals surface area contributed by atoms with Crippen molar-refractivity contribution in [3.8, 4) is 0 Å². The van der Waals surface area contributed by atoms with Crippen LogP contribution >= 0.6 is 50.4 Å². The van der Waals surface area contributed by atoms with Gasteiger partial charge in [0.25, 0.3) is 0 Å². The Kier molecular flexibility index (Phi) is 4.98. The molecule has 0 spiro atoms. The number of carboxylic acid groups (broad SMARTS) is 1. The highest BCUT2D eigenvalue weighted by Gasteiger charge is 2.07. The zero-order valence-corrected chi connectivity index (χ0v) is 13.0. The maximum absolute atomic E-state index is 10.4. The van der Waals surface area contributed by atoms with Crippen LogP contribution in [0.2, 0.25) is 0 Å². The molecule has 0 aromatic carbocycles. The van der Waals surface area contributed by atoms with Gasteiger partial charge in [0.2, 0.25) is 5.13 Å². The van der Waals surface area contributed by atoms with Crippen molar-refractivity contribution in [1.82, 2.24) is 10.2 Å². The van der Waals surface area contributed by atoms with E-state index in [1.165, 1.54) is 28.0 Å². The van der Waals surface area contributed by atoms with Crippen LogP contribution in [0.25, 0.3) is 0 Å². The summed E-state index contributed by atoms with van der Waals surface area (Å²) in [5.41, 5.74) is 0. The summed E-state index contributed by atoms with van der Waals surface area (Å²) in [6.45, 7) is 0.689. The molecule has 2 rings (SSSR count). The molecule has 0 saturated carbocycles. The summed E-state index contributed by atoms with van der Waals surface area (Å²) in [6.07, 6.45) is 0. The molecule has 18 heavy (non-hydrogen) atoms. The smallest absolute Gasteiger partial charge is 0.313 e. The first-order valence-corrected chi connectivity index (χ1v) is 8.26. The fourth-order valence-electron chi connectivity index (χ4n) is 1.07. The van der Waals surface area contributed by atoms with Crippen molar-refractivity contribution in [2.75, 3.05) is 11.1 Å². The van der Waals surface area contributed by atoms with Crippen LogP contribution in [0.15, 0.2) is 20.3 Å². The Morgan fingerprint density at radius 1 is 1.56 bits per heavy atom. The number of hydrogen-bond acceptors (Lipinski definition) is 7. The predicted octanol–water partition coefficient (Wildman–Crippen LogP) is 3.15. The van der Waals surface area contributed by atoms with Gasteiger partial charge in [0, 0.05) is 14.7 Å². The third-order valence-corrected chi connectivity index (χ3v) is 5.46. The number of halogens is 1. The number of thioether (sulfide) groups is 1. The van der Waals surface area contributed by atoms with Crippen molar-refractivity contribution in [2.45, 2.75) is 10.9 Å². The third-order valence-electron chi connectivity index (χ3n) is 1.76. The van der Waals surface area contributed by atoms with Crippen molar-refractivity contribution < 1.29 is 9.90 Å². The first kappa shape index (κ1) is 13.8. The van der Waals surface area contributed by atoms with E-state index in [2.05, 4.69) is 31.4 Å². The zero-order chi connectivity index (χ0) is 13.0. The number of nitrogens with zero attached hydrogens (tertiary/aromatic N) is 2. The molecule has 0 bridgehead atoms. The quantitative estimate of drug-likeness (QED) is 0.765. The standard InChI is InChI=1S/C9H8BrN3O2S3/c10-5-1-6(16-3-5)2-11-8-12-13-9(18-8)17-4-7(14)15/h1,3H,2,4H2,(H,11,12)(H,14,15). The molecule has 2 heterocycles. The van der Waals surface area contributed by atoms with E-state index >= 15 is 0 Å². The second-order valence-corrected chi connectivity index (χ2v) is 7.25. The summed E-state index contributed by atoms with van der Waals surface area (Å²) in [6, 6.07) is 2.04. The van der Waals surface area contributed by atoms with Crippen LogP contribution in [0.1, 0.15) is 4.88 Å². The molecule has 0 fully saturated rings. The maximum atomic E-state index is 10.4. The minimum absolute atomic E-state index is 0.00645. The number of rotatable bonds is 6. The summed E-state index contributed by atoms with van der Waals surface area (Å²) in [4.78, 5) is 11.6. The van der Waals surface area contributed by atoms with Gasteiger partial charge < -0.3 is 10.4 Å². The lowest BCUT2D eigenvalue weighted by molar-refractivity contribution is -0.133. The monoisotopic (exact) mass is 365 g/mol. The van der Waals surface area contributed by atoms with Crippen molar-refractivity contribution in [1.29, 1.82) is 0 Å². The Balaban J connectivity index is 1.84. The SMILES string of the molecule is O=C(O)CSc1nnc(NCc2cc(Br)cs2)s1. The minimum atomic E-state index is -0.854. The van der Waals surface area contributed by atoms with E-state index in [1.54, 1.807) is 11.3 Å². The number of carbonyl (C=O) groups is 1. The predicted molar refractivity (Wildman–Crippen MR) is 77.6 cm³/mol. The Morgan fingerprint density at radius 2 is 2.39 bits per heavy atom. The fraction of sp³-hybridized carbons (Fsp3) is 0.222. The highest BCUT2D eigenvalue weighted by Crippen LogP contribution is 2.26. The number of aliphatic carboxylic acids is 1. The minimum Gasteiger partial charge on any atom is -0.481 e. The van der Waals surface area contributed by atoms with Crippen molar-refractivity contribution in [3.05, 3.63) is 20.8 Å². The zero-order valence-electron chi connectivity index (χ0n) is 8.92. The van der Waals surface area contributed by atoms with Crippen LogP contribution in [0.5, 0.6) is 0 Å². The molecule has 0 radical (unpaired) electrons. The van der Waals surface area contributed by atoms with Crippen molar-refractivity contribution in [2.24, 2.45) is 0 Å². The van der Waals surface area contributed by atoms with Gasteiger partial charge in [0.1, 0.15) is 0 Å². The molecule has 0 atom stereocenters. The Morgan fingerprint density at radius 3 is 3.06 bits per heavy atom. The first-order chi connectivity index (χ1) is 8.63. The number of nitrogens with one attached hydrogen (secondary N) is 1. The number of hydrogen-bond donors (Lipinski definition) is 2. The molecule has 2 N–H and O–H groups in total. The highest BCUT2D eigenvalue weighted by atomic mass is 79.9. The largest absolute Gasteiger partial charge is 0.481 e. The summed E-state index contributed by atoms with van der Waals surface area (Å²) in [7, 11) is 0. The summed E-state index contributed by atoms with van der Waals surface area (Å²) in [5.74, 6) is -0.847. The summed E-state index contributed by atoms with van der Waals surface area (Å²) in [5, 5.41) is 22.3. The molecular weight excluding hydrogens is 358 g/mol. The van der Waals surface area contributed by atoms with Gasteiger partial charge in [-0.25, -0.2) is 0 Å². The van der Waals surface area contributed by atoms with Crippen LogP contribution in [0.4, 0.5) is 5.13 Å². The van der Waals surface area contributed by atoms with Crippen LogP contribution in [0.3, 0.4) is 0 Å². The lowest BCUT2D eigenvalue weighted by Gasteiger charge is -1.97. The first-order valence-electron chi connectivity index (χ1n) is 4.78. The van der Waals surface area contributed by atoms with Gasteiger partial charge in [-0.2, -0.15) is 0 Å². The molecule has 5 nitrogen and oxygen atoms in total. The Hall–Kier alpha value is -0.640. The number of aromatic nitrogens is 2. The maximum Gasteiger partial charge on any atom is 0.313 e. The normalized spacial score (nSPS) is 10.5. The van der Waals surface area contributed by atoms with E-state index in [1.807, 2.05) is 11.4 Å². The molecule has 0 aliphatic carbocycles. The lowest BCUT2D eigenvalue weighted by atomic mass is 10.5. The van der Waals surface area contributed by atoms with Crippen LogP contribution in [-0.2, 0) is 11.3 Å². The van der Waals surface area contributed by atoms with E-state index in [0.717, 1.165) is 4.47 Å². The van der Waals surface area contributed by atoms with E-state index in [4.69, 9.17) is 5.11 Å². The van der Waals surface area contributed by atoms with Gasteiger partial charge >= 0.3 is 5.97 Å². The average Bonchev–Trinajstić information content (AvgIpc) is 2.93. The number of thiophene rings is 1. The second kappa shape index (κ2) is 6.50. The summed E-state index contributed by atoms with van der Waals surface area (Å²) >= 11 is 7.58. The molecule has 9 heteroatoms. The van der Waals surface area contributed by atoms with E-state index < -0.39 is 5.97 Å². The molecule has 0 aliphatic rings. The Bertz CT molecular complexity index is 543. The van der Waals surface area contributed by atoms with Crippen molar-refractivity contribution >= 4 is 61.5 Å². The second-order valence-electron chi connectivity index (χ2n) is 3.14. The van der Waals surface area contributed by atoms with Gasteiger partial charge in [0.05, 0.1) is 12.3 Å². The van der Waals surface area contributed by atoms with Gasteiger partial charge in [0.15, 0.2) is 4.34 Å². The molecule has 96 valence electrons. The van der Waals surface area contributed by atoms with Gasteiger partial charge in [-0.15, -0.1) is 21.5 Å². The third kappa shape index (κ3) is 4.23. The van der Waals surface area contributed by atoms with E-state index in [9.17, 15) is 4.79 Å². The molecule has 0 unspecified atom stereocenters. The molecule has 0 amide bonds. The molecule has 2 aromatic heterocycles. The van der Waals surface area contributed by atoms with E-state index in [-0.39, 0.29) is 5.75 Å². The highest BCUT2D eigenvalue weighted by molar-refractivity contribution is 9.10. The van der Waals surface area contributed by atoms with Gasteiger partial charge in [-0.1, -0.05) is 23.1 Å². The number of anilines is 1. The van der Waals surface area contributed by atoms with Crippen LogP contribution in [0, 0.1) is 0 Å². The van der Waals surface area contributed by atoms with Gasteiger partial charge in [-0.05, 0) is 22.0 Å². The molecule has 0 saturated heterocycles.